The van der Waals surface area contributed by atoms with Gasteiger partial charge in [0.05, 0.1) is 0 Å². The molecular weight excluding hydrogens is 316 g/mol. The van der Waals surface area contributed by atoms with E-state index >= 15 is 0 Å². The number of hydrogen-bond acceptors (Lipinski definition) is 2. The van der Waals surface area contributed by atoms with Crippen LogP contribution in [0.3, 0.4) is 0 Å². The number of ether oxygens (including phenoxy) is 1. The van der Waals surface area contributed by atoms with E-state index in [0.717, 1.165) is 37.1 Å². The van der Waals surface area contributed by atoms with E-state index in [-0.39, 0.29) is 0 Å². The van der Waals surface area contributed by atoms with Gasteiger partial charge in [0.2, 0.25) is 0 Å². The predicted molar refractivity (Wildman–Crippen MR) is 85.9 cm³/mol. The molecule has 0 aliphatic carbocycles. The second-order valence-corrected chi connectivity index (χ2v) is 5.69. The van der Waals surface area contributed by atoms with Crippen molar-refractivity contribution >= 4 is 15.9 Å². The fourth-order valence-electron chi connectivity index (χ4n) is 2.11. The molecule has 0 spiro atoms. The first-order valence-corrected chi connectivity index (χ1v) is 7.67. The molecule has 0 unspecified atom stereocenters. The third-order valence-electron chi connectivity index (χ3n) is 3.20. The highest BCUT2D eigenvalue weighted by Crippen LogP contribution is 2.13. The van der Waals surface area contributed by atoms with Crippen LogP contribution in [0.15, 0.2) is 47.1 Å². The topological polar surface area (TPSA) is 26.2 Å². The number of halogens is 1. The minimum atomic E-state index is 0.812. The highest BCUT2D eigenvalue weighted by molar-refractivity contribution is 9.10. The van der Waals surface area contributed by atoms with Crippen LogP contribution in [0.5, 0.6) is 0 Å². The van der Waals surface area contributed by atoms with Crippen LogP contribution in [-0.2, 0) is 17.8 Å². The fraction of sp³-hybridized carbons (Fsp3) is 0.375. The lowest BCUT2D eigenvalue weighted by atomic mass is 10.2. The van der Waals surface area contributed by atoms with Crippen LogP contribution in [-0.4, -0.2) is 24.8 Å². The van der Waals surface area contributed by atoms with E-state index in [4.69, 9.17) is 4.74 Å². The molecule has 108 valence electrons. The van der Waals surface area contributed by atoms with Crippen LogP contribution in [0.1, 0.15) is 17.7 Å². The number of benzene rings is 1. The molecule has 0 saturated heterocycles. The van der Waals surface area contributed by atoms with E-state index in [1.54, 1.807) is 7.11 Å². The van der Waals surface area contributed by atoms with E-state index in [9.17, 15) is 0 Å². The largest absolute Gasteiger partial charge is 0.385 e. The van der Waals surface area contributed by atoms with Crippen LogP contribution < -0.4 is 5.32 Å². The smallest absolute Gasteiger partial charge is 0.0474 e. The second-order valence-electron chi connectivity index (χ2n) is 4.78. The first kappa shape index (κ1) is 15.3. The molecule has 1 N–H and O–H groups in total. The van der Waals surface area contributed by atoms with Crippen LogP contribution in [0, 0.1) is 0 Å². The lowest BCUT2D eigenvalue weighted by molar-refractivity contribution is 0.194. The van der Waals surface area contributed by atoms with E-state index < -0.39 is 0 Å². The van der Waals surface area contributed by atoms with Crippen molar-refractivity contribution < 1.29 is 4.74 Å². The molecule has 1 aromatic carbocycles. The summed E-state index contributed by atoms with van der Waals surface area (Å²) in [5.74, 6) is 0. The van der Waals surface area contributed by atoms with Crippen molar-refractivity contribution in [2.24, 2.45) is 0 Å². The Kier molecular flexibility index (Phi) is 6.30. The molecule has 3 nitrogen and oxygen atoms in total. The Morgan fingerprint density at radius 2 is 2.00 bits per heavy atom. The molecule has 0 aliphatic rings. The maximum Gasteiger partial charge on any atom is 0.0474 e. The number of nitrogens with zero attached hydrogens (tertiary/aromatic N) is 1. The Morgan fingerprint density at radius 3 is 2.75 bits per heavy atom. The van der Waals surface area contributed by atoms with Crippen molar-refractivity contribution in [3.05, 3.63) is 58.3 Å². The third-order valence-corrected chi connectivity index (χ3v) is 3.73. The van der Waals surface area contributed by atoms with Gasteiger partial charge in [0, 0.05) is 43.2 Å². The standard InChI is InChI=1S/C16H21BrN2O/c1-20-11-3-9-18-12-16-4-2-10-19(16)13-14-5-7-15(17)8-6-14/h2,4-8,10,18H,3,9,11-13H2,1H3. The molecule has 1 heterocycles. The van der Waals surface area contributed by atoms with Crippen molar-refractivity contribution in [1.82, 2.24) is 9.88 Å². The lowest BCUT2D eigenvalue weighted by Gasteiger charge is -2.10. The van der Waals surface area contributed by atoms with Gasteiger partial charge in [0.1, 0.15) is 0 Å². The van der Waals surface area contributed by atoms with E-state index in [2.05, 4.69) is 68.4 Å². The minimum Gasteiger partial charge on any atom is -0.385 e. The van der Waals surface area contributed by atoms with Crippen LogP contribution in [0.2, 0.25) is 0 Å². The molecule has 0 fully saturated rings. The third kappa shape index (κ3) is 4.78. The molecule has 0 bridgehead atoms. The molecule has 20 heavy (non-hydrogen) atoms. The summed E-state index contributed by atoms with van der Waals surface area (Å²) in [6.45, 7) is 3.60. The SMILES string of the molecule is COCCCNCc1cccn1Cc1ccc(Br)cc1. The molecule has 0 saturated carbocycles. The van der Waals surface area contributed by atoms with Crippen LogP contribution in [0.25, 0.3) is 0 Å². The van der Waals surface area contributed by atoms with E-state index in [1.165, 1.54) is 11.3 Å². The number of methoxy groups -OCH3 is 1. The molecule has 2 rings (SSSR count). The van der Waals surface area contributed by atoms with Gasteiger partial charge in [0.25, 0.3) is 0 Å². The summed E-state index contributed by atoms with van der Waals surface area (Å²) >= 11 is 3.47. The Labute approximate surface area is 129 Å². The number of hydrogen-bond donors (Lipinski definition) is 1. The van der Waals surface area contributed by atoms with Gasteiger partial charge in [-0.1, -0.05) is 28.1 Å². The second kappa shape index (κ2) is 8.25. The first-order chi connectivity index (χ1) is 9.79. The molecular formula is C16H21BrN2O. The fourth-order valence-corrected chi connectivity index (χ4v) is 2.37. The summed E-state index contributed by atoms with van der Waals surface area (Å²) in [6.07, 6.45) is 3.18. The van der Waals surface area contributed by atoms with Gasteiger partial charge in [-0.25, -0.2) is 0 Å². The summed E-state index contributed by atoms with van der Waals surface area (Å²) in [4.78, 5) is 0. The van der Waals surface area contributed by atoms with Gasteiger partial charge in [-0.05, 0) is 42.8 Å². The number of aromatic nitrogens is 1. The Hall–Kier alpha value is -1.10. The van der Waals surface area contributed by atoms with E-state index in [1.807, 2.05) is 0 Å². The Balaban J connectivity index is 1.86. The summed E-state index contributed by atoms with van der Waals surface area (Å²) in [7, 11) is 1.74. The predicted octanol–water partition coefficient (Wildman–Crippen LogP) is 3.43. The van der Waals surface area contributed by atoms with Crippen LogP contribution >= 0.6 is 15.9 Å². The Bertz CT molecular complexity index is 507. The number of rotatable bonds is 8. The normalized spacial score (nSPS) is 10.9. The average molecular weight is 337 g/mol. The first-order valence-electron chi connectivity index (χ1n) is 6.87. The molecule has 4 heteroatoms. The molecule has 1 aromatic heterocycles. The summed E-state index contributed by atoms with van der Waals surface area (Å²) < 4.78 is 8.45. The Morgan fingerprint density at radius 1 is 1.20 bits per heavy atom. The van der Waals surface area contributed by atoms with Crippen molar-refractivity contribution in [3.63, 3.8) is 0 Å². The number of nitrogens with one attached hydrogen (secondary N) is 1. The molecule has 0 amide bonds. The van der Waals surface area contributed by atoms with Gasteiger partial charge in [-0.2, -0.15) is 0 Å². The summed E-state index contributed by atoms with van der Waals surface area (Å²) in [5, 5.41) is 3.45. The van der Waals surface area contributed by atoms with Crippen molar-refractivity contribution in [2.45, 2.75) is 19.5 Å². The van der Waals surface area contributed by atoms with Crippen molar-refractivity contribution in [3.8, 4) is 0 Å². The van der Waals surface area contributed by atoms with Gasteiger partial charge in [0.15, 0.2) is 0 Å². The zero-order valence-electron chi connectivity index (χ0n) is 11.8. The highest BCUT2D eigenvalue weighted by Gasteiger charge is 2.01. The maximum atomic E-state index is 5.04. The highest BCUT2D eigenvalue weighted by atomic mass is 79.9. The van der Waals surface area contributed by atoms with Gasteiger partial charge >= 0.3 is 0 Å². The average Bonchev–Trinajstić information content (AvgIpc) is 2.89. The summed E-state index contributed by atoms with van der Waals surface area (Å²) in [5.41, 5.74) is 2.62. The maximum absolute atomic E-state index is 5.04. The van der Waals surface area contributed by atoms with Gasteiger partial charge in [-0.3, -0.25) is 0 Å². The zero-order chi connectivity index (χ0) is 14.2. The van der Waals surface area contributed by atoms with E-state index in [0.29, 0.717) is 0 Å². The summed E-state index contributed by atoms with van der Waals surface area (Å²) in [6, 6.07) is 12.7. The van der Waals surface area contributed by atoms with Gasteiger partial charge < -0.3 is 14.6 Å². The lowest BCUT2D eigenvalue weighted by Crippen LogP contribution is -2.18. The van der Waals surface area contributed by atoms with Crippen molar-refractivity contribution in [1.29, 1.82) is 0 Å². The molecule has 0 atom stereocenters. The van der Waals surface area contributed by atoms with Crippen LogP contribution in [0.4, 0.5) is 0 Å². The quantitative estimate of drug-likeness (QED) is 0.747. The minimum absolute atomic E-state index is 0.812. The monoisotopic (exact) mass is 336 g/mol. The van der Waals surface area contributed by atoms with Gasteiger partial charge in [-0.15, -0.1) is 0 Å². The molecule has 2 aromatic rings. The zero-order valence-corrected chi connectivity index (χ0v) is 13.4. The molecule has 0 aliphatic heterocycles. The molecule has 0 radical (unpaired) electrons. The van der Waals surface area contributed by atoms with Crippen molar-refractivity contribution in [2.75, 3.05) is 20.3 Å².